The maximum atomic E-state index is 12.8. The predicted molar refractivity (Wildman–Crippen MR) is 111 cm³/mol. The Morgan fingerprint density at radius 2 is 1.86 bits per heavy atom. The first-order chi connectivity index (χ1) is 13.9. The van der Waals surface area contributed by atoms with Crippen LogP contribution in [-0.2, 0) is 16.0 Å². The van der Waals surface area contributed by atoms with Gasteiger partial charge >= 0.3 is 5.97 Å². The van der Waals surface area contributed by atoms with Crippen LogP contribution in [0.15, 0.2) is 48.5 Å². The zero-order valence-corrected chi connectivity index (χ0v) is 16.7. The molecule has 1 fully saturated rings. The zero-order chi connectivity index (χ0) is 21.0. The number of carboxylic acid groups (broad SMARTS) is 1. The van der Waals surface area contributed by atoms with Crippen LogP contribution in [0.2, 0.25) is 0 Å². The number of nitrogens with zero attached hydrogens (tertiary/aromatic N) is 1. The minimum Gasteiger partial charge on any atom is -0.481 e. The van der Waals surface area contributed by atoms with Crippen molar-refractivity contribution in [2.75, 3.05) is 18.5 Å². The Morgan fingerprint density at radius 3 is 2.52 bits per heavy atom. The fourth-order valence-electron chi connectivity index (χ4n) is 3.36. The maximum Gasteiger partial charge on any atom is 0.308 e. The van der Waals surface area contributed by atoms with Gasteiger partial charge in [-0.05, 0) is 43.9 Å². The lowest BCUT2D eigenvalue weighted by molar-refractivity contribution is -0.141. The summed E-state index contributed by atoms with van der Waals surface area (Å²) in [6, 6.07) is 14.6. The molecule has 1 atom stereocenters. The van der Waals surface area contributed by atoms with Crippen LogP contribution >= 0.6 is 0 Å². The third-order valence-corrected chi connectivity index (χ3v) is 5.19. The first kappa shape index (κ1) is 20.6. The molecule has 1 unspecified atom stereocenters. The third kappa shape index (κ3) is 5.22. The number of carbonyl (C=O) groups is 3. The lowest BCUT2D eigenvalue weighted by Crippen LogP contribution is -2.36. The maximum absolute atomic E-state index is 12.8. The fourth-order valence-corrected chi connectivity index (χ4v) is 3.36. The van der Waals surface area contributed by atoms with Gasteiger partial charge in [-0.25, -0.2) is 0 Å². The van der Waals surface area contributed by atoms with Gasteiger partial charge in [-0.1, -0.05) is 42.0 Å². The molecule has 2 N–H and O–H groups in total. The van der Waals surface area contributed by atoms with Crippen molar-refractivity contribution >= 4 is 23.5 Å². The second-order valence-electron chi connectivity index (χ2n) is 7.63. The summed E-state index contributed by atoms with van der Waals surface area (Å²) < 4.78 is 0. The molecule has 152 valence electrons. The Kier molecular flexibility index (Phi) is 6.32. The number of amides is 2. The van der Waals surface area contributed by atoms with Crippen molar-refractivity contribution in [3.63, 3.8) is 0 Å². The number of rotatable bonds is 8. The molecule has 0 spiro atoms. The number of carbonyl (C=O) groups excluding carboxylic acids is 2. The van der Waals surface area contributed by atoms with Gasteiger partial charge in [-0.3, -0.25) is 14.4 Å². The van der Waals surface area contributed by atoms with Gasteiger partial charge in [0.1, 0.15) is 0 Å². The Morgan fingerprint density at radius 1 is 1.14 bits per heavy atom. The number of para-hydroxylation sites is 1. The second kappa shape index (κ2) is 8.90. The largest absolute Gasteiger partial charge is 0.481 e. The molecule has 0 heterocycles. The van der Waals surface area contributed by atoms with Gasteiger partial charge < -0.3 is 15.3 Å². The molecule has 0 aromatic heterocycles. The second-order valence-corrected chi connectivity index (χ2v) is 7.63. The molecular formula is C23H26N2O4. The Labute approximate surface area is 170 Å². The summed E-state index contributed by atoms with van der Waals surface area (Å²) in [6.07, 6.45) is 2.10. The van der Waals surface area contributed by atoms with E-state index in [2.05, 4.69) is 5.32 Å². The lowest BCUT2D eigenvalue weighted by Gasteiger charge is -2.21. The summed E-state index contributed by atoms with van der Waals surface area (Å²) in [5, 5.41) is 12.3. The molecule has 6 heteroatoms. The molecular weight excluding hydrogens is 368 g/mol. The average Bonchev–Trinajstić information content (AvgIpc) is 3.55. The number of aryl methyl sites for hydroxylation is 1. The van der Waals surface area contributed by atoms with Crippen LogP contribution in [0.4, 0.5) is 5.69 Å². The zero-order valence-electron chi connectivity index (χ0n) is 16.7. The molecule has 3 rings (SSSR count). The fraction of sp³-hybridized carbons (Fsp3) is 0.348. The van der Waals surface area contributed by atoms with Gasteiger partial charge in [0.05, 0.1) is 17.2 Å². The molecule has 0 radical (unpaired) electrons. The number of carboxylic acids is 1. The van der Waals surface area contributed by atoms with Crippen molar-refractivity contribution in [2.45, 2.75) is 26.2 Å². The van der Waals surface area contributed by atoms with Crippen molar-refractivity contribution in [1.29, 1.82) is 0 Å². The highest BCUT2D eigenvalue weighted by atomic mass is 16.4. The van der Waals surface area contributed by atoms with Crippen molar-refractivity contribution in [2.24, 2.45) is 11.8 Å². The topological polar surface area (TPSA) is 86.7 Å². The van der Waals surface area contributed by atoms with Crippen LogP contribution in [0.1, 0.15) is 34.3 Å². The van der Waals surface area contributed by atoms with Crippen molar-refractivity contribution in [3.8, 4) is 0 Å². The van der Waals surface area contributed by atoms with Crippen LogP contribution in [0.25, 0.3) is 0 Å². The van der Waals surface area contributed by atoms with Gasteiger partial charge in [-0.2, -0.15) is 0 Å². The molecule has 2 amide bonds. The Balaban J connectivity index is 1.69. The highest BCUT2D eigenvalue weighted by Gasteiger charge is 2.33. The van der Waals surface area contributed by atoms with Gasteiger partial charge in [0, 0.05) is 19.5 Å². The molecule has 0 aliphatic heterocycles. The monoisotopic (exact) mass is 394 g/mol. The van der Waals surface area contributed by atoms with E-state index in [0.717, 1.165) is 24.0 Å². The van der Waals surface area contributed by atoms with E-state index < -0.39 is 11.9 Å². The highest BCUT2D eigenvalue weighted by Crippen LogP contribution is 2.33. The van der Waals surface area contributed by atoms with Crippen molar-refractivity contribution in [1.82, 2.24) is 5.32 Å². The van der Waals surface area contributed by atoms with E-state index in [1.54, 1.807) is 31.3 Å². The van der Waals surface area contributed by atoms with E-state index in [4.69, 9.17) is 0 Å². The molecule has 0 saturated heterocycles. The first-order valence-electron chi connectivity index (χ1n) is 9.80. The molecule has 0 bridgehead atoms. The van der Waals surface area contributed by atoms with Gasteiger partial charge in [0.2, 0.25) is 5.91 Å². The summed E-state index contributed by atoms with van der Waals surface area (Å²) in [7, 11) is 1.67. The number of anilines is 1. The number of aliphatic carboxylic acids is 1. The number of hydrogen-bond acceptors (Lipinski definition) is 3. The van der Waals surface area contributed by atoms with E-state index >= 15 is 0 Å². The summed E-state index contributed by atoms with van der Waals surface area (Å²) in [4.78, 5) is 38.4. The number of benzene rings is 2. The van der Waals surface area contributed by atoms with Crippen LogP contribution in [0, 0.1) is 18.8 Å². The SMILES string of the molecule is Cc1cccc(CC(CNC(=O)c2ccccc2N(C)C(=O)C2CC2)C(=O)O)c1. The van der Waals surface area contributed by atoms with Crippen molar-refractivity contribution in [3.05, 3.63) is 65.2 Å². The van der Waals surface area contributed by atoms with Crippen LogP contribution in [0.5, 0.6) is 0 Å². The van der Waals surface area contributed by atoms with Gasteiger partial charge in [0.15, 0.2) is 0 Å². The molecule has 6 nitrogen and oxygen atoms in total. The van der Waals surface area contributed by atoms with Crippen LogP contribution < -0.4 is 10.2 Å². The summed E-state index contributed by atoms with van der Waals surface area (Å²) in [5.74, 6) is -2.03. The molecule has 1 aliphatic carbocycles. The summed E-state index contributed by atoms with van der Waals surface area (Å²) in [6.45, 7) is 1.97. The quantitative estimate of drug-likeness (QED) is 0.721. The van der Waals surface area contributed by atoms with E-state index in [-0.39, 0.29) is 24.3 Å². The van der Waals surface area contributed by atoms with E-state index in [0.29, 0.717) is 17.7 Å². The normalized spacial score (nSPS) is 14.1. The Hall–Kier alpha value is -3.15. The van der Waals surface area contributed by atoms with Gasteiger partial charge in [-0.15, -0.1) is 0 Å². The van der Waals surface area contributed by atoms with E-state index in [1.165, 1.54) is 4.90 Å². The third-order valence-electron chi connectivity index (χ3n) is 5.19. The predicted octanol–water partition coefficient (Wildman–Crippen LogP) is 3.04. The first-order valence-corrected chi connectivity index (χ1v) is 9.80. The molecule has 2 aromatic rings. The summed E-state index contributed by atoms with van der Waals surface area (Å²) in [5.41, 5.74) is 2.88. The van der Waals surface area contributed by atoms with Crippen LogP contribution in [-0.4, -0.2) is 36.5 Å². The van der Waals surface area contributed by atoms with E-state index in [1.807, 2.05) is 31.2 Å². The standard InChI is InChI=1S/C23H26N2O4/c1-15-6-5-7-16(12-15)13-18(23(28)29)14-24-21(26)19-8-3-4-9-20(19)25(2)22(27)17-10-11-17/h3-9,12,17-18H,10-11,13-14H2,1-2H3,(H,24,26)(H,28,29). The van der Waals surface area contributed by atoms with E-state index in [9.17, 15) is 19.5 Å². The Bertz CT molecular complexity index is 921. The number of hydrogen-bond donors (Lipinski definition) is 2. The van der Waals surface area contributed by atoms with Crippen molar-refractivity contribution < 1.29 is 19.5 Å². The lowest BCUT2D eigenvalue weighted by atomic mass is 9.98. The highest BCUT2D eigenvalue weighted by molar-refractivity contribution is 6.05. The number of nitrogens with one attached hydrogen (secondary N) is 1. The average molecular weight is 394 g/mol. The smallest absolute Gasteiger partial charge is 0.308 e. The minimum absolute atomic E-state index is 0.00751. The molecule has 1 saturated carbocycles. The molecule has 2 aromatic carbocycles. The minimum atomic E-state index is -0.957. The van der Waals surface area contributed by atoms with Gasteiger partial charge in [0.25, 0.3) is 5.91 Å². The molecule has 29 heavy (non-hydrogen) atoms. The molecule has 1 aliphatic rings. The summed E-state index contributed by atoms with van der Waals surface area (Å²) >= 11 is 0. The van der Waals surface area contributed by atoms with Crippen LogP contribution in [0.3, 0.4) is 0 Å².